The Morgan fingerprint density at radius 3 is 2.52 bits per heavy atom. The summed E-state index contributed by atoms with van der Waals surface area (Å²) in [5, 5.41) is 11.0. The molecule has 0 aliphatic carbocycles. The quantitative estimate of drug-likeness (QED) is 0.542. The summed E-state index contributed by atoms with van der Waals surface area (Å²) in [5.74, 6) is -1.89. The van der Waals surface area contributed by atoms with Crippen molar-refractivity contribution in [1.82, 2.24) is 0 Å². The van der Waals surface area contributed by atoms with Crippen LogP contribution in [0.25, 0.3) is 0 Å². The van der Waals surface area contributed by atoms with E-state index in [1.807, 2.05) is 0 Å². The van der Waals surface area contributed by atoms with Gasteiger partial charge in [0, 0.05) is 16.8 Å². The van der Waals surface area contributed by atoms with Gasteiger partial charge in [0.15, 0.2) is 11.4 Å². The molecule has 0 saturated carbocycles. The average Bonchev–Trinajstić information content (AvgIpc) is 2.77. The molecule has 1 atom stereocenters. The molecule has 7 nitrogen and oxygen atoms in total. The van der Waals surface area contributed by atoms with Crippen molar-refractivity contribution in [2.75, 3.05) is 17.2 Å². The lowest BCUT2D eigenvalue weighted by molar-refractivity contribution is -0.136. The largest absolute Gasteiger partial charge is 0.399 e. The van der Waals surface area contributed by atoms with Crippen molar-refractivity contribution in [3.63, 3.8) is 0 Å². The van der Waals surface area contributed by atoms with Gasteiger partial charge in [-0.05, 0) is 18.2 Å². The third kappa shape index (κ3) is 2.85. The van der Waals surface area contributed by atoms with Crippen LogP contribution in [0.5, 0.6) is 0 Å². The van der Waals surface area contributed by atoms with Crippen molar-refractivity contribution in [2.24, 2.45) is 5.73 Å². The number of para-hydroxylation sites is 1. The zero-order chi connectivity index (χ0) is 18.2. The molecule has 2 aromatic rings. The molecule has 0 radical (unpaired) electrons. The van der Waals surface area contributed by atoms with Crippen molar-refractivity contribution in [3.05, 3.63) is 59.7 Å². The van der Waals surface area contributed by atoms with Crippen LogP contribution in [0.3, 0.4) is 0 Å². The van der Waals surface area contributed by atoms with Gasteiger partial charge in [0.05, 0.1) is 12.1 Å². The second kappa shape index (κ2) is 6.03. The lowest BCUT2D eigenvalue weighted by Crippen LogP contribution is -2.44. The number of primary amides is 1. The van der Waals surface area contributed by atoms with Crippen LogP contribution in [0, 0.1) is 0 Å². The van der Waals surface area contributed by atoms with Crippen LogP contribution in [0.1, 0.15) is 22.3 Å². The van der Waals surface area contributed by atoms with Crippen molar-refractivity contribution in [2.45, 2.75) is 12.0 Å². The average molecular weight is 339 g/mol. The third-order valence-electron chi connectivity index (χ3n) is 4.18. The SMILES string of the molecule is NC(=O)CN1C(=O)[C@](O)(CC(=O)c2cccc(N)c2)c2ccccc21. The van der Waals surface area contributed by atoms with Gasteiger partial charge in [-0.2, -0.15) is 0 Å². The van der Waals surface area contributed by atoms with Gasteiger partial charge in [0.2, 0.25) is 5.91 Å². The number of Topliss-reactive ketones (excluding diaryl/α,β-unsaturated/α-hetero) is 1. The van der Waals surface area contributed by atoms with Crippen LogP contribution in [-0.4, -0.2) is 29.2 Å². The number of nitrogens with two attached hydrogens (primary N) is 2. The molecule has 5 N–H and O–H groups in total. The van der Waals surface area contributed by atoms with E-state index in [1.165, 1.54) is 6.07 Å². The molecule has 0 unspecified atom stereocenters. The molecular formula is C18H17N3O4. The number of nitrogen functional groups attached to an aromatic ring is 1. The molecule has 0 aromatic heterocycles. The molecule has 25 heavy (non-hydrogen) atoms. The maximum absolute atomic E-state index is 12.7. The van der Waals surface area contributed by atoms with E-state index < -0.39 is 29.6 Å². The number of carbonyl (C=O) groups excluding carboxylic acids is 3. The molecule has 0 saturated heterocycles. The number of carbonyl (C=O) groups is 3. The number of ketones is 1. The Balaban J connectivity index is 1.98. The van der Waals surface area contributed by atoms with E-state index >= 15 is 0 Å². The first-order chi connectivity index (χ1) is 11.8. The number of nitrogens with zero attached hydrogens (tertiary/aromatic N) is 1. The maximum Gasteiger partial charge on any atom is 0.264 e. The Hall–Kier alpha value is -3.19. The lowest BCUT2D eigenvalue weighted by Gasteiger charge is -2.22. The van der Waals surface area contributed by atoms with Gasteiger partial charge in [0.25, 0.3) is 5.91 Å². The minimum absolute atomic E-state index is 0.276. The summed E-state index contributed by atoms with van der Waals surface area (Å²) in [5.41, 5.74) is 10.2. The fourth-order valence-electron chi connectivity index (χ4n) is 3.04. The molecule has 2 amide bonds. The number of hydrogen-bond donors (Lipinski definition) is 3. The predicted molar refractivity (Wildman–Crippen MR) is 91.7 cm³/mol. The van der Waals surface area contributed by atoms with Crippen LogP contribution in [0.4, 0.5) is 11.4 Å². The lowest BCUT2D eigenvalue weighted by atomic mass is 9.88. The molecule has 128 valence electrons. The van der Waals surface area contributed by atoms with E-state index in [-0.39, 0.29) is 12.1 Å². The number of rotatable bonds is 5. The first-order valence-corrected chi connectivity index (χ1v) is 7.64. The van der Waals surface area contributed by atoms with E-state index in [0.717, 1.165) is 4.90 Å². The first kappa shape index (κ1) is 16.7. The van der Waals surface area contributed by atoms with Gasteiger partial charge < -0.3 is 16.6 Å². The van der Waals surface area contributed by atoms with Gasteiger partial charge >= 0.3 is 0 Å². The van der Waals surface area contributed by atoms with Gasteiger partial charge in [-0.3, -0.25) is 19.3 Å². The number of hydrogen-bond acceptors (Lipinski definition) is 5. The molecule has 0 bridgehead atoms. The molecule has 1 aliphatic heterocycles. The van der Waals surface area contributed by atoms with Crippen molar-refractivity contribution < 1.29 is 19.5 Å². The summed E-state index contributed by atoms with van der Waals surface area (Å²) in [6, 6.07) is 12.8. The van der Waals surface area contributed by atoms with E-state index in [2.05, 4.69) is 0 Å². The molecule has 1 aliphatic rings. The minimum atomic E-state index is -2.05. The number of amides is 2. The minimum Gasteiger partial charge on any atom is -0.399 e. The van der Waals surface area contributed by atoms with Crippen LogP contribution in [-0.2, 0) is 15.2 Å². The molecule has 2 aromatic carbocycles. The molecule has 1 heterocycles. The zero-order valence-corrected chi connectivity index (χ0v) is 13.3. The van der Waals surface area contributed by atoms with Crippen molar-refractivity contribution >= 4 is 29.0 Å². The molecular weight excluding hydrogens is 322 g/mol. The van der Waals surface area contributed by atoms with Gasteiger partial charge in [-0.1, -0.05) is 30.3 Å². The Labute approximate surface area is 143 Å². The van der Waals surface area contributed by atoms with Crippen LogP contribution >= 0.6 is 0 Å². The normalized spacial score (nSPS) is 18.9. The zero-order valence-electron chi connectivity index (χ0n) is 13.3. The first-order valence-electron chi connectivity index (χ1n) is 7.64. The molecule has 0 spiro atoms. The van der Waals surface area contributed by atoms with Gasteiger partial charge in [0.1, 0.15) is 6.54 Å². The Morgan fingerprint density at radius 2 is 1.84 bits per heavy atom. The van der Waals surface area contributed by atoms with Crippen molar-refractivity contribution in [1.29, 1.82) is 0 Å². The fraction of sp³-hybridized carbons (Fsp3) is 0.167. The number of fused-ring (bicyclic) bond motifs is 1. The smallest absolute Gasteiger partial charge is 0.264 e. The molecule has 3 rings (SSSR count). The number of anilines is 2. The fourth-order valence-corrected chi connectivity index (χ4v) is 3.04. The van der Waals surface area contributed by atoms with Gasteiger partial charge in [-0.15, -0.1) is 0 Å². The maximum atomic E-state index is 12.7. The summed E-state index contributed by atoms with van der Waals surface area (Å²) in [7, 11) is 0. The molecule has 0 fully saturated rings. The molecule has 7 heteroatoms. The monoisotopic (exact) mass is 339 g/mol. The van der Waals surface area contributed by atoms with E-state index in [9.17, 15) is 19.5 Å². The van der Waals surface area contributed by atoms with Gasteiger partial charge in [-0.25, -0.2) is 0 Å². The Bertz CT molecular complexity index is 880. The van der Waals surface area contributed by atoms with E-state index in [4.69, 9.17) is 11.5 Å². The Morgan fingerprint density at radius 1 is 1.12 bits per heavy atom. The highest BCUT2D eigenvalue weighted by Gasteiger charge is 2.51. The topological polar surface area (TPSA) is 127 Å². The summed E-state index contributed by atoms with van der Waals surface area (Å²) in [6.07, 6.45) is -0.457. The van der Waals surface area contributed by atoms with Crippen LogP contribution < -0.4 is 16.4 Å². The summed E-state index contributed by atoms with van der Waals surface area (Å²) in [6.45, 7) is -0.370. The highest BCUT2D eigenvalue weighted by molar-refractivity contribution is 6.12. The second-order valence-electron chi connectivity index (χ2n) is 5.96. The van der Waals surface area contributed by atoms with E-state index in [1.54, 1.807) is 42.5 Å². The highest BCUT2D eigenvalue weighted by Crippen LogP contribution is 2.42. The van der Waals surface area contributed by atoms with Crippen molar-refractivity contribution in [3.8, 4) is 0 Å². The highest BCUT2D eigenvalue weighted by atomic mass is 16.3. The second-order valence-corrected chi connectivity index (χ2v) is 5.96. The standard InChI is InChI=1S/C18H17N3O4/c19-12-5-3-4-11(8-12)15(22)9-18(25)13-6-1-2-7-14(13)21(17(18)24)10-16(20)23/h1-8,25H,9-10,19H2,(H2,20,23)/t18-/m0/s1. The third-order valence-corrected chi connectivity index (χ3v) is 4.18. The van der Waals surface area contributed by atoms with E-state index in [0.29, 0.717) is 16.9 Å². The van der Waals surface area contributed by atoms with Crippen LogP contribution in [0.15, 0.2) is 48.5 Å². The van der Waals surface area contributed by atoms with Crippen LogP contribution in [0.2, 0.25) is 0 Å². The number of benzene rings is 2. The summed E-state index contributed by atoms with van der Waals surface area (Å²) >= 11 is 0. The predicted octanol–water partition coefficient (Wildman–Crippen LogP) is 0.561. The Kier molecular flexibility index (Phi) is 4.02. The summed E-state index contributed by atoms with van der Waals surface area (Å²) < 4.78 is 0. The number of aliphatic hydroxyl groups is 1. The summed E-state index contributed by atoms with van der Waals surface area (Å²) in [4.78, 5) is 37.7.